The van der Waals surface area contributed by atoms with Crippen molar-refractivity contribution < 1.29 is 9.53 Å². The van der Waals surface area contributed by atoms with Crippen molar-refractivity contribution in [2.75, 3.05) is 31.6 Å². The fourth-order valence-electron chi connectivity index (χ4n) is 3.20. The van der Waals surface area contributed by atoms with Gasteiger partial charge in [0, 0.05) is 32.5 Å². The van der Waals surface area contributed by atoms with E-state index in [1.165, 1.54) is 16.2 Å². The van der Waals surface area contributed by atoms with Gasteiger partial charge in [-0.3, -0.25) is 18.9 Å². The summed E-state index contributed by atoms with van der Waals surface area (Å²) in [5.74, 6) is 0.583. The number of rotatable bonds is 9. The molecule has 0 aromatic carbocycles. The molecule has 2 aromatic heterocycles. The van der Waals surface area contributed by atoms with Crippen LogP contribution in [-0.2, 0) is 9.53 Å². The number of thiocarbonyl (C=S) groups is 1. The standard InChI is InChI=1S/C22H28N4O3S2/c1-5-29-10-6-9-23-19-16(20(27)25-13-15(4)7-8-18(25)24-19)11-17-21(28)26(12-14(2)3)22(30)31-17/h7-8,11,13-14,23H,5-6,9-10,12H2,1-4H3. The lowest BCUT2D eigenvalue weighted by molar-refractivity contribution is -0.122. The van der Waals surface area contributed by atoms with Crippen molar-refractivity contribution in [3.63, 3.8) is 0 Å². The molecule has 1 saturated heterocycles. The molecule has 1 N–H and O–H groups in total. The highest BCUT2D eigenvalue weighted by molar-refractivity contribution is 8.26. The minimum atomic E-state index is -0.227. The van der Waals surface area contributed by atoms with Gasteiger partial charge in [0.2, 0.25) is 0 Å². The molecule has 1 aliphatic rings. The molecule has 2 aromatic rings. The van der Waals surface area contributed by atoms with Crippen LogP contribution in [0.3, 0.4) is 0 Å². The Balaban J connectivity index is 2.00. The Morgan fingerprint density at radius 2 is 2.10 bits per heavy atom. The Labute approximate surface area is 191 Å². The molecule has 0 atom stereocenters. The highest BCUT2D eigenvalue weighted by atomic mass is 32.2. The lowest BCUT2D eigenvalue weighted by atomic mass is 10.2. The third-order valence-corrected chi connectivity index (χ3v) is 6.04. The summed E-state index contributed by atoms with van der Waals surface area (Å²) in [5.41, 5.74) is 1.62. The second-order valence-corrected chi connectivity index (χ2v) is 9.45. The molecule has 166 valence electrons. The van der Waals surface area contributed by atoms with Crippen LogP contribution in [-0.4, -0.2) is 50.8 Å². The van der Waals surface area contributed by atoms with E-state index in [9.17, 15) is 9.59 Å². The molecule has 3 heterocycles. The summed E-state index contributed by atoms with van der Waals surface area (Å²) < 4.78 is 7.41. The molecule has 0 unspecified atom stereocenters. The first-order valence-corrected chi connectivity index (χ1v) is 11.6. The predicted molar refractivity (Wildman–Crippen MR) is 131 cm³/mol. The van der Waals surface area contributed by atoms with Gasteiger partial charge in [0.25, 0.3) is 11.5 Å². The van der Waals surface area contributed by atoms with E-state index in [-0.39, 0.29) is 11.5 Å². The Hall–Kier alpha value is -2.23. The maximum Gasteiger partial charge on any atom is 0.267 e. The molecule has 9 heteroatoms. The Morgan fingerprint density at radius 1 is 1.32 bits per heavy atom. The fourth-order valence-corrected chi connectivity index (χ4v) is 4.46. The van der Waals surface area contributed by atoms with Gasteiger partial charge in [-0.05, 0) is 43.9 Å². The average molecular weight is 461 g/mol. The van der Waals surface area contributed by atoms with E-state index in [2.05, 4.69) is 10.3 Å². The summed E-state index contributed by atoms with van der Waals surface area (Å²) in [5, 5.41) is 3.25. The first-order chi connectivity index (χ1) is 14.8. The van der Waals surface area contributed by atoms with Crippen molar-refractivity contribution in [3.05, 3.63) is 44.7 Å². The lowest BCUT2D eigenvalue weighted by Crippen LogP contribution is -2.31. The number of thioether (sulfide) groups is 1. The van der Waals surface area contributed by atoms with Crippen LogP contribution in [0.2, 0.25) is 0 Å². The Kier molecular flexibility index (Phi) is 7.85. The number of nitrogens with zero attached hydrogens (tertiary/aromatic N) is 3. The minimum absolute atomic E-state index is 0.167. The summed E-state index contributed by atoms with van der Waals surface area (Å²) in [6.07, 6.45) is 4.15. The summed E-state index contributed by atoms with van der Waals surface area (Å²) in [6, 6.07) is 3.73. The van der Waals surface area contributed by atoms with Gasteiger partial charge in [0.15, 0.2) is 0 Å². The normalized spacial score (nSPS) is 15.6. The van der Waals surface area contributed by atoms with E-state index in [1.807, 2.05) is 39.8 Å². The van der Waals surface area contributed by atoms with Gasteiger partial charge in [-0.2, -0.15) is 0 Å². The van der Waals surface area contributed by atoms with Gasteiger partial charge in [-0.15, -0.1) is 0 Å². The van der Waals surface area contributed by atoms with E-state index in [0.717, 1.165) is 12.0 Å². The van der Waals surface area contributed by atoms with E-state index >= 15 is 0 Å². The van der Waals surface area contributed by atoms with Crippen LogP contribution in [0.5, 0.6) is 0 Å². The third-order valence-electron chi connectivity index (χ3n) is 4.66. The highest BCUT2D eigenvalue weighted by Crippen LogP contribution is 2.33. The van der Waals surface area contributed by atoms with E-state index in [4.69, 9.17) is 17.0 Å². The maximum atomic E-state index is 13.3. The number of pyridine rings is 1. The smallest absolute Gasteiger partial charge is 0.267 e. The Morgan fingerprint density at radius 3 is 2.81 bits per heavy atom. The molecular weight excluding hydrogens is 432 g/mol. The number of aromatic nitrogens is 2. The zero-order chi connectivity index (χ0) is 22.5. The molecule has 7 nitrogen and oxygen atoms in total. The molecule has 3 rings (SSSR count). The molecule has 0 radical (unpaired) electrons. The lowest BCUT2D eigenvalue weighted by Gasteiger charge is -2.16. The van der Waals surface area contributed by atoms with Crippen LogP contribution in [0.4, 0.5) is 5.82 Å². The van der Waals surface area contributed by atoms with Crippen molar-refractivity contribution in [3.8, 4) is 0 Å². The van der Waals surface area contributed by atoms with Crippen molar-refractivity contribution in [2.45, 2.75) is 34.1 Å². The van der Waals surface area contributed by atoms with Gasteiger partial charge >= 0.3 is 0 Å². The van der Waals surface area contributed by atoms with Crippen molar-refractivity contribution in [2.24, 2.45) is 5.92 Å². The summed E-state index contributed by atoms with van der Waals surface area (Å²) in [4.78, 5) is 32.9. The monoisotopic (exact) mass is 460 g/mol. The molecule has 0 spiro atoms. The summed E-state index contributed by atoms with van der Waals surface area (Å²) >= 11 is 6.62. The minimum Gasteiger partial charge on any atom is -0.382 e. The number of anilines is 1. The van der Waals surface area contributed by atoms with E-state index < -0.39 is 0 Å². The van der Waals surface area contributed by atoms with Crippen molar-refractivity contribution >= 4 is 51.7 Å². The number of carbonyl (C=O) groups is 1. The van der Waals surface area contributed by atoms with Gasteiger partial charge in [0.1, 0.15) is 15.8 Å². The molecule has 1 aliphatic heterocycles. The number of fused-ring (bicyclic) bond motifs is 1. The van der Waals surface area contributed by atoms with Gasteiger partial charge in [-0.1, -0.05) is 43.9 Å². The molecular formula is C22H28N4O3S2. The fraction of sp³-hybridized carbons (Fsp3) is 0.455. The molecule has 0 aliphatic carbocycles. The van der Waals surface area contributed by atoms with Crippen LogP contribution in [0.25, 0.3) is 11.7 Å². The number of hydrogen-bond donors (Lipinski definition) is 1. The topological polar surface area (TPSA) is 75.9 Å². The summed E-state index contributed by atoms with van der Waals surface area (Å²) in [6.45, 7) is 10.4. The van der Waals surface area contributed by atoms with E-state index in [1.54, 1.807) is 17.2 Å². The summed E-state index contributed by atoms with van der Waals surface area (Å²) in [7, 11) is 0. The third kappa shape index (κ3) is 5.53. The van der Waals surface area contributed by atoms with Gasteiger partial charge in [-0.25, -0.2) is 4.98 Å². The quantitative estimate of drug-likeness (QED) is 0.347. The number of hydrogen-bond acceptors (Lipinski definition) is 7. The average Bonchev–Trinajstić information content (AvgIpc) is 2.98. The number of ether oxygens (including phenoxy) is 1. The first-order valence-electron chi connectivity index (χ1n) is 10.4. The van der Waals surface area contributed by atoms with Crippen LogP contribution < -0.4 is 10.9 Å². The Bertz CT molecular complexity index is 1080. The van der Waals surface area contributed by atoms with Crippen LogP contribution in [0, 0.1) is 12.8 Å². The zero-order valence-electron chi connectivity index (χ0n) is 18.3. The molecule has 31 heavy (non-hydrogen) atoms. The van der Waals surface area contributed by atoms with Crippen LogP contribution >= 0.6 is 24.0 Å². The second-order valence-electron chi connectivity index (χ2n) is 7.78. The molecule has 0 bridgehead atoms. The van der Waals surface area contributed by atoms with Gasteiger partial charge in [0.05, 0.1) is 10.5 Å². The first kappa shape index (κ1) is 23.4. The SMILES string of the molecule is CCOCCCNc1nc2ccc(C)cn2c(=O)c1C=C1SC(=S)N(CC(C)C)C1=O. The maximum absolute atomic E-state index is 13.3. The number of amides is 1. The number of carbonyl (C=O) groups excluding carboxylic acids is 1. The van der Waals surface area contributed by atoms with Gasteiger partial charge < -0.3 is 10.1 Å². The van der Waals surface area contributed by atoms with Crippen molar-refractivity contribution in [1.82, 2.24) is 14.3 Å². The van der Waals surface area contributed by atoms with Crippen molar-refractivity contribution in [1.29, 1.82) is 0 Å². The number of nitrogens with one attached hydrogen (secondary N) is 1. The molecule has 1 fully saturated rings. The van der Waals surface area contributed by atoms with Crippen LogP contribution in [0.15, 0.2) is 28.0 Å². The largest absolute Gasteiger partial charge is 0.382 e. The predicted octanol–water partition coefficient (Wildman–Crippen LogP) is 3.70. The van der Waals surface area contributed by atoms with E-state index in [0.29, 0.717) is 58.5 Å². The zero-order valence-corrected chi connectivity index (χ0v) is 19.9. The molecule has 0 saturated carbocycles. The second kappa shape index (κ2) is 10.4. The van der Waals surface area contributed by atoms with Crippen LogP contribution in [0.1, 0.15) is 38.3 Å². The number of aryl methyl sites for hydroxylation is 1. The highest BCUT2D eigenvalue weighted by Gasteiger charge is 2.32. The molecule has 1 amide bonds.